The van der Waals surface area contributed by atoms with Crippen LogP contribution in [0.5, 0.6) is 0 Å². The van der Waals surface area contributed by atoms with Gasteiger partial charge in [-0.25, -0.2) is 27.2 Å². The third kappa shape index (κ3) is 6.98. The summed E-state index contributed by atoms with van der Waals surface area (Å²) in [5.41, 5.74) is -2.28. The van der Waals surface area contributed by atoms with E-state index in [-0.39, 0.29) is 55.1 Å². The number of aromatic nitrogens is 4. The molecule has 4 heterocycles. The van der Waals surface area contributed by atoms with Crippen LogP contribution in [0, 0.1) is 23.3 Å². The molecule has 0 radical (unpaired) electrons. The van der Waals surface area contributed by atoms with Crippen molar-refractivity contribution in [1.82, 2.24) is 19.1 Å². The predicted octanol–water partition coefficient (Wildman–Crippen LogP) is 4.63. The molecule has 4 N–H and O–H groups in total. The van der Waals surface area contributed by atoms with Crippen LogP contribution in [0.4, 0.5) is 29.2 Å². The van der Waals surface area contributed by atoms with E-state index in [2.05, 4.69) is 20.6 Å². The standard InChI is InChI=1S/C16H15F2N3O3.C16H17F2N3O2.Zn/c1-7(2)21-15(23)13-12(22)6-11(19-14(13)20-16(21)24)8-3-4-9(17)10(18)5-8;1-8(2)21-15(22)10-4-6-13(19-14(10)20-16(21)23)9-3-5-11(17)12(18)7-9;/h3-5,7,11,19H,6H2,1-2H3,(H,20,24);3,5,7-8,13,19H,4,6H2,1-2H3,(H,20,23);/t11-;13-;/m11./s1/i;4D2;. The first-order chi connectivity index (χ1) is 22.9. The number of hydrogen-bond acceptors (Lipinski definition) is 7. The van der Waals surface area contributed by atoms with E-state index in [9.17, 15) is 41.5 Å². The van der Waals surface area contributed by atoms with Crippen LogP contribution in [0.15, 0.2) is 55.6 Å². The van der Waals surface area contributed by atoms with Gasteiger partial charge in [0.05, 0.1) is 17.6 Å². The Hall–Kier alpha value is -4.59. The average molecular weight is 724 g/mol. The molecule has 2 aliphatic heterocycles. The number of ketones is 1. The second-order valence-corrected chi connectivity index (χ2v) is 11.6. The Kier molecular flexibility index (Phi) is 9.90. The molecule has 0 saturated heterocycles. The van der Waals surface area contributed by atoms with Gasteiger partial charge in [-0.3, -0.25) is 33.5 Å². The van der Waals surface area contributed by atoms with Crippen molar-refractivity contribution in [3.8, 4) is 0 Å². The first kappa shape index (κ1) is 33.3. The Bertz CT molecular complexity index is 2220. The number of nitrogens with one attached hydrogen (secondary N) is 4. The molecule has 4 aromatic rings. The van der Waals surface area contributed by atoms with Gasteiger partial charge < -0.3 is 10.6 Å². The number of fused-ring (bicyclic) bond motifs is 2. The molecular formula is C32H32F4N6O5Zn. The molecule has 0 saturated carbocycles. The summed E-state index contributed by atoms with van der Waals surface area (Å²) in [6, 6.07) is 4.35. The monoisotopic (exact) mass is 722 g/mol. The molecule has 250 valence electrons. The second-order valence-electron chi connectivity index (χ2n) is 11.6. The third-order valence-electron chi connectivity index (χ3n) is 7.78. The molecule has 0 fully saturated rings. The maximum Gasteiger partial charge on any atom is 0.330 e. The second kappa shape index (κ2) is 14.3. The van der Waals surface area contributed by atoms with E-state index in [0.717, 1.165) is 33.4 Å². The van der Waals surface area contributed by atoms with E-state index in [4.69, 9.17) is 2.74 Å². The van der Waals surface area contributed by atoms with Gasteiger partial charge in [-0.1, -0.05) is 12.1 Å². The van der Waals surface area contributed by atoms with Gasteiger partial charge in [-0.05, 0) is 75.9 Å². The maximum atomic E-state index is 13.5. The van der Waals surface area contributed by atoms with E-state index in [1.165, 1.54) is 12.1 Å². The summed E-state index contributed by atoms with van der Waals surface area (Å²) in [7, 11) is 0. The number of Topliss-reactive ketones (excluding diaryl/α,β-unsaturated/α-hetero) is 1. The van der Waals surface area contributed by atoms with Crippen LogP contribution >= 0.6 is 0 Å². The minimum atomic E-state index is -2.05. The molecule has 2 aromatic carbocycles. The fraction of sp³-hybridized carbons (Fsp3) is 0.344. The van der Waals surface area contributed by atoms with Crippen LogP contribution in [0.25, 0.3) is 0 Å². The molecule has 2 atom stereocenters. The predicted molar refractivity (Wildman–Crippen MR) is 166 cm³/mol. The molecular weight excluding hydrogens is 690 g/mol. The van der Waals surface area contributed by atoms with Crippen molar-refractivity contribution in [3.05, 3.63) is 124 Å². The fourth-order valence-corrected chi connectivity index (χ4v) is 5.48. The van der Waals surface area contributed by atoms with E-state index in [1.54, 1.807) is 27.7 Å². The minimum absolute atomic E-state index is 0. The van der Waals surface area contributed by atoms with Crippen LogP contribution < -0.4 is 33.1 Å². The van der Waals surface area contributed by atoms with Gasteiger partial charge in [0.25, 0.3) is 11.1 Å². The van der Waals surface area contributed by atoms with Crippen molar-refractivity contribution in [1.29, 1.82) is 0 Å². The number of aromatic amines is 2. The molecule has 0 unspecified atom stereocenters. The van der Waals surface area contributed by atoms with Crippen molar-refractivity contribution in [2.24, 2.45) is 0 Å². The zero-order valence-electron chi connectivity index (χ0n) is 28.3. The number of halogens is 4. The molecule has 6 rings (SSSR count). The third-order valence-corrected chi connectivity index (χ3v) is 7.78. The van der Waals surface area contributed by atoms with Gasteiger partial charge in [-0.15, -0.1) is 0 Å². The van der Waals surface area contributed by atoms with Crippen LogP contribution in [0.1, 0.15) is 94.5 Å². The summed E-state index contributed by atoms with van der Waals surface area (Å²) in [4.78, 5) is 66.5. The molecule has 0 aliphatic carbocycles. The van der Waals surface area contributed by atoms with Gasteiger partial charge in [0.2, 0.25) is 0 Å². The van der Waals surface area contributed by atoms with E-state index < -0.39 is 82.1 Å². The Morgan fingerprint density at radius 3 is 1.71 bits per heavy atom. The largest absolute Gasteiger partial charge is 0.364 e. The molecule has 11 nitrogen and oxygen atoms in total. The molecule has 0 spiro atoms. The molecule has 0 bridgehead atoms. The van der Waals surface area contributed by atoms with Crippen molar-refractivity contribution < 1.29 is 44.6 Å². The van der Waals surface area contributed by atoms with Crippen LogP contribution in [-0.2, 0) is 25.9 Å². The average Bonchev–Trinajstić information content (AvgIpc) is 2.98. The van der Waals surface area contributed by atoms with Gasteiger partial charge in [0, 0.05) is 40.7 Å². The summed E-state index contributed by atoms with van der Waals surface area (Å²) >= 11 is 0. The Morgan fingerprint density at radius 2 is 1.19 bits per heavy atom. The number of anilines is 2. The fourth-order valence-electron chi connectivity index (χ4n) is 5.48. The quantitative estimate of drug-likeness (QED) is 0.177. The molecule has 2 aromatic heterocycles. The zero-order valence-corrected chi connectivity index (χ0v) is 29.3. The maximum absolute atomic E-state index is 13.5. The van der Waals surface area contributed by atoms with Crippen molar-refractivity contribution in [2.75, 3.05) is 10.6 Å². The molecule has 0 amide bonds. The molecule has 16 heteroatoms. The smallest absolute Gasteiger partial charge is 0.330 e. The topological polar surface area (TPSA) is 151 Å². The Labute approximate surface area is 286 Å². The summed E-state index contributed by atoms with van der Waals surface area (Å²) in [6.07, 6.45) is -2.31. The molecule has 48 heavy (non-hydrogen) atoms. The first-order valence-electron chi connectivity index (χ1n) is 15.7. The van der Waals surface area contributed by atoms with Gasteiger partial charge in [-0.2, -0.15) is 0 Å². The number of nitrogens with zero attached hydrogens (tertiary/aromatic N) is 2. The van der Waals surface area contributed by atoms with Gasteiger partial charge in [0.15, 0.2) is 29.1 Å². The van der Waals surface area contributed by atoms with Crippen LogP contribution in [0.3, 0.4) is 0 Å². The SMILES string of the molecule is CC(C)n1c(=O)[nH]c2c(c1=O)C(=O)C[C@H](c1ccc(F)c(F)c1)N2.[2H]C1([2H])C[C@H](c2ccc(F)c(F)c2)Nc2[nH]c(=O)n(C(C)C)c(=O)c21.[Zn]. The Balaban J connectivity index is 0.000000220. The van der Waals surface area contributed by atoms with Crippen molar-refractivity contribution in [2.45, 2.75) is 71.1 Å². The normalized spacial score (nSPS) is 18.2. The van der Waals surface area contributed by atoms with Gasteiger partial charge >= 0.3 is 11.4 Å². The summed E-state index contributed by atoms with van der Waals surface area (Å²) in [5.74, 6) is -4.56. The van der Waals surface area contributed by atoms with E-state index >= 15 is 0 Å². The number of H-pyrrole nitrogens is 2. The van der Waals surface area contributed by atoms with E-state index in [0.29, 0.717) is 11.1 Å². The summed E-state index contributed by atoms with van der Waals surface area (Å²) in [6.45, 7) is 6.62. The van der Waals surface area contributed by atoms with Crippen molar-refractivity contribution >= 4 is 17.4 Å². The van der Waals surface area contributed by atoms with Gasteiger partial charge in [0.1, 0.15) is 17.2 Å². The van der Waals surface area contributed by atoms with Crippen molar-refractivity contribution in [3.63, 3.8) is 0 Å². The zero-order chi connectivity index (χ0) is 36.1. The summed E-state index contributed by atoms with van der Waals surface area (Å²) < 4.78 is 71.5. The number of carbonyl (C=O) groups is 1. The first-order valence-corrected chi connectivity index (χ1v) is 14.7. The number of hydrogen-bond donors (Lipinski definition) is 4. The van der Waals surface area contributed by atoms with Crippen LogP contribution in [-0.4, -0.2) is 24.9 Å². The summed E-state index contributed by atoms with van der Waals surface area (Å²) in [5, 5.41) is 5.72. The Morgan fingerprint density at radius 1 is 0.708 bits per heavy atom. The number of rotatable bonds is 4. The minimum Gasteiger partial charge on any atom is -0.364 e. The molecule has 2 aliphatic rings. The van der Waals surface area contributed by atoms with Crippen LogP contribution in [0.2, 0.25) is 0 Å². The van der Waals surface area contributed by atoms with E-state index in [1.807, 2.05) is 0 Å². The number of benzene rings is 2. The number of carbonyl (C=O) groups excluding carboxylic acids is 1.